The van der Waals surface area contributed by atoms with Crippen molar-refractivity contribution < 1.29 is 4.79 Å². The fraction of sp³-hybridized carbons (Fsp3) is 0.909. The van der Waals surface area contributed by atoms with Crippen LogP contribution in [0.3, 0.4) is 0 Å². The molecule has 1 saturated heterocycles. The minimum Gasteiger partial charge on any atom is -0.340 e. The molecule has 4 rings (SSSR count). The van der Waals surface area contributed by atoms with Gasteiger partial charge in [-0.3, -0.25) is 9.69 Å². The lowest BCUT2D eigenvalue weighted by atomic mass is 9.74. The Morgan fingerprint density at radius 2 is 1.76 bits per heavy atom. The second-order valence-corrected chi connectivity index (χ2v) is 9.69. The molecule has 2 aliphatic carbocycles. The molecular weight excluding hydrogens is 364 g/mol. The number of aromatic nitrogens is 4. The number of likely N-dealkylation sites (tertiary alicyclic amines) is 1. The number of hydrogen-bond acceptors (Lipinski definition) is 5. The maximum absolute atomic E-state index is 13.6. The molecule has 1 aromatic heterocycles. The van der Waals surface area contributed by atoms with Crippen molar-refractivity contribution in [3.63, 3.8) is 0 Å². The molecule has 0 radical (unpaired) electrons. The van der Waals surface area contributed by atoms with Crippen LogP contribution in [0.5, 0.6) is 0 Å². The van der Waals surface area contributed by atoms with Crippen LogP contribution in [0, 0.1) is 5.41 Å². The summed E-state index contributed by atoms with van der Waals surface area (Å²) in [5.74, 6) is 1.34. The summed E-state index contributed by atoms with van der Waals surface area (Å²) in [5, 5.41) is 13.1. The van der Waals surface area contributed by atoms with E-state index in [0.717, 1.165) is 64.1 Å². The minimum absolute atomic E-state index is 0.186. The topological polar surface area (TPSA) is 67.2 Å². The molecule has 7 heteroatoms. The smallest absolute Gasteiger partial charge is 0.228 e. The molecule has 0 bridgehead atoms. The number of hydrogen-bond donors (Lipinski definition) is 0. The van der Waals surface area contributed by atoms with Gasteiger partial charge < -0.3 is 4.90 Å². The molecule has 3 fully saturated rings. The molecular formula is C22H38N6O. The number of tetrazole rings is 1. The average Bonchev–Trinajstić information content (AvgIpc) is 3.48. The monoisotopic (exact) mass is 402 g/mol. The quantitative estimate of drug-likeness (QED) is 0.728. The van der Waals surface area contributed by atoms with Crippen molar-refractivity contribution in [3.05, 3.63) is 5.82 Å². The van der Waals surface area contributed by atoms with Gasteiger partial charge in [-0.1, -0.05) is 52.9 Å². The van der Waals surface area contributed by atoms with Crippen LogP contribution in [0.2, 0.25) is 0 Å². The van der Waals surface area contributed by atoms with Crippen molar-refractivity contribution in [2.24, 2.45) is 5.41 Å². The fourth-order valence-electron chi connectivity index (χ4n) is 6.20. The zero-order valence-electron chi connectivity index (χ0n) is 18.6. The van der Waals surface area contributed by atoms with Gasteiger partial charge in [-0.25, -0.2) is 4.68 Å². The molecule has 1 aliphatic heterocycles. The maximum atomic E-state index is 13.6. The molecule has 29 heavy (non-hydrogen) atoms. The van der Waals surface area contributed by atoms with Crippen LogP contribution < -0.4 is 0 Å². The van der Waals surface area contributed by atoms with Gasteiger partial charge in [0, 0.05) is 18.5 Å². The van der Waals surface area contributed by atoms with E-state index in [4.69, 9.17) is 0 Å². The second kappa shape index (κ2) is 8.32. The summed E-state index contributed by atoms with van der Waals surface area (Å²) in [6, 6.07) is 0.410. The summed E-state index contributed by atoms with van der Waals surface area (Å²) < 4.78 is 2.11. The zero-order valence-corrected chi connectivity index (χ0v) is 18.6. The second-order valence-electron chi connectivity index (χ2n) is 9.69. The Hall–Kier alpha value is -1.50. The van der Waals surface area contributed by atoms with Gasteiger partial charge in [0.05, 0.1) is 6.04 Å². The molecule has 0 spiro atoms. The fourth-order valence-corrected chi connectivity index (χ4v) is 6.20. The Bertz CT molecular complexity index is 702. The lowest BCUT2D eigenvalue weighted by molar-refractivity contribution is -0.142. The molecule has 0 aromatic carbocycles. The highest BCUT2D eigenvalue weighted by Gasteiger charge is 2.51. The van der Waals surface area contributed by atoms with E-state index in [1.165, 1.54) is 32.1 Å². The van der Waals surface area contributed by atoms with Gasteiger partial charge in [-0.2, -0.15) is 0 Å². The first kappa shape index (κ1) is 20.8. The van der Waals surface area contributed by atoms with Crippen molar-refractivity contribution in [2.75, 3.05) is 26.2 Å². The summed E-state index contributed by atoms with van der Waals surface area (Å²) >= 11 is 0. The molecule has 2 saturated carbocycles. The molecule has 1 amide bonds. The van der Waals surface area contributed by atoms with Crippen molar-refractivity contribution >= 4 is 5.91 Å². The van der Waals surface area contributed by atoms with Crippen LogP contribution in [0.25, 0.3) is 0 Å². The van der Waals surface area contributed by atoms with Gasteiger partial charge in [0.25, 0.3) is 0 Å². The number of likely N-dealkylation sites (N-methyl/N-ethyl adjacent to an activating group) is 1. The Labute approximate surface area is 175 Å². The van der Waals surface area contributed by atoms with E-state index in [1.54, 1.807) is 0 Å². The number of carbonyl (C=O) groups excluding carboxylic acids is 1. The Morgan fingerprint density at radius 1 is 1.07 bits per heavy atom. The van der Waals surface area contributed by atoms with Gasteiger partial charge in [-0.15, -0.1) is 5.10 Å². The molecule has 1 unspecified atom stereocenters. The Balaban J connectivity index is 1.64. The van der Waals surface area contributed by atoms with Crippen molar-refractivity contribution in [1.29, 1.82) is 0 Å². The highest BCUT2D eigenvalue weighted by molar-refractivity contribution is 5.83. The van der Waals surface area contributed by atoms with Crippen molar-refractivity contribution in [2.45, 2.75) is 96.6 Å². The number of nitrogens with zero attached hydrogens (tertiary/aromatic N) is 6. The normalized spacial score (nSPS) is 27.8. The minimum atomic E-state index is -0.268. The van der Waals surface area contributed by atoms with Crippen molar-refractivity contribution in [1.82, 2.24) is 30.0 Å². The summed E-state index contributed by atoms with van der Waals surface area (Å²) in [6.45, 7) is 10.0. The van der Waals surface area contributed by atoms with E-state index >= 15 is 0 Å². The van der Waals surface area contributed by atoms with E-state index in [-0.39, 0.29) is 11.0 Å². The SMILES string of the molecule is CCN(CC)C1(c2nnnn2C2CCCC2)CCN(C(=O)C2(C)CCCCC2)C1. The average molecular weight is 403 g/mol. The third-order valence-corrected chi connectivity index (χ3v) is 7.96. The molecule has 2 heterocycles. The summed E-state index contributed by atoms with van der Waals surface area (Å²) in [4.78, 5) is 18.2. The molecule has 3 aliphatic rings. The predicted octanol–water partition coefficient (Wildman–Crippen LogP) is 3.53. The number of rotatable bonds is 6. The van der Waals surface area contributed by atoms with Crippen molar-refractivity contribution in [3.8, 4) is 0 Å². The third kappa shape index (κ3) is 3.60. The van der Waals surface area contributed by atoms with E-state index in [2.05, 4.69) is 50.8 Å². The Kier molecular flexibility index (Phi) is 5.96. The summed E-state index contributed by atoms with van der Waals surface area (Å²) in [6.07, 6.45) is 11.4. The summed E-state index contributed by atoms with van der Waals surface area (Å²) in [5.41, 5.74) is -0.453. The largest absolute Gasteiger partial charge is 0.340 e. The van der Waals surface area contributed by atoms with Gasteiger partial charge >= 0.3 is 0 Å². The van der Waals surface area contributed by atoms with E-state index in [1.807, 2.05) is 0 Å². The summed E-state index contributed by atoms with van der Waals surface area (Å²) in [7, 11) is 0. The Morgan fingerprint density at radius 3 is 2.41 bits per heavy atom. The standard InChI is InChI=1S/C22H38N6O/c1-4-27(5-2)22(19-23-24-25-28(19)18-11-7-8-12-18)15-16-26(17-22)20(29)21(3)13-9-6-10-14-21/h18H,4-17H2,1-3H3. The predicted molar refractivity (Wildman–Crippen MR) is 112 cm³/mol. The highest BCUT2D eigenvalue weighted by atomic mass is 16.2. The van der Waals surface area contributed by atoms with Crippen LogP contribution in [0.1, 0.15) is 96.8 Å². The first-order valence-corrected chi connectivity index (χ1v) is 11.9. The van der Waals surface area contributed by atoms with Crippen LogP contribution in [-0.2, 0) is 10.3 Å². The first-order valence-electron chi connectivity index (χ1n) is 11.9. The third-order valence-electron chi connectivity index (χ3n) is 7.96. The van der Waals surface area contributed by atoms with Crippen LogP contribution in [0.15, 0.2) is 0 Å². The first-order chi connectivity index (χ1) is 14.0. The van der Waals surface area contributed by atoms with Crippen LogP contribution in [-0.4, -0.2) is 62.1 Å². The highest BCUT2D eigenvalue weighted by Crippen LogP contribution is 2.43. The molecule has 1 atom stereocenters. The molecule has 1 aromatic rings. The molecule has 162 valence electrons. The maximum Gasteiger partial charge on any atom is 0.228 e. The van der Waals surface area contributed by atoms with E-state index in [0.29, 0.717) is 11.9 Å². The molecule has 7 nitrogen and oxygen atoms in total. The van der Waals surface area contributed by atoms with Gasteiger partial charge in [-0.05, 0) is 55.6 Å². The van der Waals surface area contributed by atoms with E-state index < -0.39 is 0 Å². The van der Waals surface area contributed by atoms with Crippen LogP contribution in [0.4, 0.5) is 0 Å². The van der Waals surface area contributed by atoms with E-state index in [9.17, 15) is 4.79 Å². The lowest BCUT2D eigenvalue weighted by Gasteiger charge is -2.40. The van der Waals surface area contributed by atoms with Gasteiger partial charge in [0.1, 0.15) is 5.54 Å². The molecule has 0 N–H and O–H groups in total. The number of carbonyl (C=O) groups is 1. The number of amides is 1. The van der Waals surface area contributed by atoms with Crippen LogP contribution >= 0.6 is 0 Å². The van der Waals surface area contributed by atoms with Gasteiger partial charge in [0.15, 0.2) is 5.82 Å². The van der Waals surface area contributed by atoms with Gasteiger partial charge in [0.2, 0.25) is 5.91 Å². The lowest BCUT2D eigenvalue weighted by Crippen LogP contribution is -2.52. The zero-order chi connectivity index (χ0) is 20.5.